The second-order valence-electron chi connectivity index (χ2n) is 3.81. The zero-order valence-corrected chi connectivity index (χ0v) is 12.7. The fourth-order valence-corrected chi connectivity index (χ4v) is 3.05. The smallest absolute Gasteiger partial charge is 0.253 e. The molecule has 1 aromatic carbocycles. The average Bonchev–Trinajstić information content (AvgIpc) is 2.82. The first kappa shape index (κ1) is 13.9. The average molecular weight is 341 g/mol. The number of ether oxygens (including phenoxy) is 1. The number of hydrogen-bond donors (Lipinski definition) is 2. The van der Waals surface area contributed by atoms with E-state index in [0.717, 1.165) is 8.66 Å². The maximum absolute atomic E-state index is 12.1. The summed E-state index contributed by atoms with van der Waals surface area (Å²) >= 11 is 4.97. The standard InChI is InChI=1S/C13H13BrN2O2S/c1-18-10-4-2-3-9(12(10)15)13(17)16-7-8-5-6-11(14)19-8/h2-6H,7,15H2,1H3,(H,16,17). The molecule has 3 N–H and O–H groups in total. The van der Waals surface area contributed by atoms with Gasteiger partial charge in [-0.05, 0) is 40.2 Å². The molecule has 2 aromatic rings. The van der Waals surface area contributed by atoms with Crippen molar-refractivity contribution in [3.05, 3.63) is 44.6 Å². The summed E-state index contributed by atoms with van der Waals surface area (Å²) in [6.07, 6.45) is 0. The van der Waals surface area contributed by atoms with E-state index in [4.69, 9.17) is 10.5 Å². The van der Waals surface area contributed by atoms with Gasteiger partial charge in [-0.25, -0.2) is 0 Å². The lowest BCUT2D eigenvalue weighted by Gasteiger charge is -2.09. The quantitative estimate of drug-likeness (QED) is 0.840. The number of carbonyl (C=O) groups is 1. The van der Waals surface area contributed by atoms with Gasteiger partial charge in [0.15, 0.2) is 0 Å². The number of hydrogen-bond acceptors (Lipinski definition) is 4. The van der Waals surface area contributed by atoms with Crippen molar-refractivity contribution in [2.75, 3.05) is 12.8 Å². The minimum Gasteiger partial charge on any atom is -0.495 e. The summed E-state index contributed by atoms with van der Waals surface area (Å²) < 4.78 is 6.13. The van der Waals surface area contributed by atoms with Gasteiger partial charge in [-0.1, -0.05) is 6.07 Å². The molecule has 0 radical (unpaired) electrons. The van der Waals surface area contributed by atoms with Crippen LogP contribution < -0.4 is 15.8 Å². The molecule has 1 aromatic heterocycles. The van der Waals surface area contributed by atoms with Gasteiger partial charge >= 0.3 is 0 Å². The highest BCUT2D eigenvalue weighted by Gasteiger charge is 2.12. The van der Waals surface area contributed by atoms with Crippen molar-refractivity contribution in [1.29, 1.82) is 0 Å². The molecule has 0 unspecified atom stereocenters. The second-order valence-corrected chi connectivity index (χ2v) is 6.36. The van der Waals surface area contributed by atoms with Crippen LogP contribution in [0.1, 0.15) is 15.2 Å². The zero-order chi connectivity index (χ0) is 13.8. The number of anilines is 1. The van der Waals surface area contributed by atoms with E-state index in [-0.39, 0.29) is 5.91 Å². The number of para-hydroxylation sites is 1. The Morgan fingerprint density at radius 3 is 2.84 bits per heavy atom. The molecule has 0 fully saturated rings. The molecule has 0 spiro atoms. The van der Waals surface area contributed by atoms with E-state index in [0.29, 0.717) is 23.5 Å². The fourth-order valence-electron chi connectivity index (χ4n) is 1.63. The Balaban J connectivity index is 2.08. The highest BCUT2D eigenvalue weighted by Crippen LogP contribution is 2.25. The molecule has 2 rings (SSSR count). The van der Waals surface area contributed by atoms with E-state index in [1.807, 2.05) is 12.1 Å². The van der Waals surface area contributed by atoms with Gasteiger partial charge in [0.05, 0.1) is 28.7 Å². The number of amides is 1. The SMILES string of the molecule is COc1cccc(C(=O)NCc2ccc(Br)s2)c1N. The van der Waals surface area contributed by atoms with E-state index >= 15 is 0 Å². The number of nitrogens with two attached hydrogens (primary N) is 1. The van der Waals surface area contributed by atoms with Crippen molar-refractivity contribution >= 4 is 38.9 Å². The van der Waals surface area contributed by atoms with E-state index in [2.05, 4.69) is 21.2 Å². The van der Waals surface area contributed by atoms with Crippen LogP contribution in [0.5, 0.6) is 5.75 Å². The van der Waals surface area contributed by atoms with Crippen LogP contribution in [0.3, 0.4) is 0 Å². The summed E-state index contributed by atoms with van der Waals surface area (Å²) in [6, 6.07) is 9.06. The number of nitrogen functional groups attached to an aromatic ring is 1. The van der Waals surface area contributed by atoms with Crippen LogP contribution in [0.2, 0.25) is 0 Å². The third kappa shape index (κ3) is 3.27. The Morgan fingerprint density at radius 2 is 2.21 bits per heavy atom. The number of methoxy groups -OCH3 is 1. The predicted octanol–water partition coefficient (Wildman–Crippen LogP) is 3.03. The van der Waals surface area contributed by atoms with Crippen LogP contribution in [0.4, 0.5) is 5.69 Å². The van der Waals surface area contributed by atoms with E-state index in [1.54, 1.807) is 29.5 Å². The monoisotopic (exact) mass is 340 g/mol. The number of benzene rings is 1. The molecule has 0 saturated carbocycles. The van der Waals surface area contributed by atoms with Crippen LogP contribution in [-0.2, 0) is 6.54 Å². The van der Waals surface area contributed by atoms with Gasteiger partial charge in [0.1, 0.15) is 5.75 Å². The van der Waals surface area contributed by atoms with Gasteiger partial charge in [0.2, 0.25) is 0 Å². The normalized spacial score (nSPS) is 10.2. The maximum atomic E-state index is 12.1. The fraction of sp³-hybridized carbons (Fsp3) is 0.154. The minimum atomic E-state index is -0.207. The summed E-state index contributed by atoms with van der Waals surface area (Å²) in [7, 11) is 1.52. The Labute approximate surface area is 123 Å². The first-order valence-electron chi connectivity index (χ1n) is 5.56. The highest BCUT2D eigenvalue weighted by atomic mass is 79.9. The van der Waals surface area contributed by atoms with Gasteiger partial charge < -0.3 is 15.8 Å². The van der Waals surface area contributed by atoms with E-state index < -0.39 is 0 Å². The van der Waals surface area contributed by atoms with Crippen molar-refractivity contribution in [3.63, 3.8) is 0 Å². The van der Waals surface area contributed by atoms with Crippen molar-refractivity contribution in [2.24, 2.45) is 0 Å². The van der Waals surface area contributed by atoms with Crippen LogP contribution in [0.25, 0.3) is 0 Å². The molecule has 0 saturated heterocycles. The zero-order valence-electron chi connectivity index (χ0n) is 10.3. The third-order valence-electron chi connectivity index (χ3n) is 2.58. The Kier molecular flexibility index (Phi) is 4.44. The Hall–Kier alpha value is -1.53. The summed E-state index contributed by atoms with van der Waals surface area (Å²) in [5.41, 5.74) is 6.66. The number of carbonyl (C=O) groups excluding carboxylic acids is 1. The van der Waals surface area contributed by atoms with Gasteiger partial charge in [0.25, 0.3) is 5.91 Å². The lowest BCUT2D eigenvalue weighted by molar-refractivity contribution is 0.0952. The number of rotatable bonds is 4. The molecule has 1 heterocycles. The minimum absolute atomic E-state index is 0.207. The molecule has 6 heteroatoms. The van der Waals surface area contributed by atoms with Crippen LogP contribution in [0, 0.1) is 0 Å². The Bertz CT molecular complexity index is 598. The van der Waals surface area contributed by atoms with Crippen molar-refractivity contribution in [2.45, 2.75) is 6.54 Å². The molecular weight excluding hydrogens is 328 g/mol. The van der Waals surface area contributed by atoms with Gasteiger partial charge in [-0.15, -0.1) is 11.3 Å². The van der Waals surface area contributed by atoms with Crippen molar-refractivity contribution < 1.29 is 9.53 Å². The highest BCUT2D eigenvalue weighted by molar-refractivity contribution is 9.11. The first-order valence-corrected chi connectivity index (χ1v) is 7.17. The van der Waals surface area contributed by atoms with Gasteiger partial charge in [-0.2, -0.15) is 0 Å². The maximum Gasteiger partial charge on any atom is 0.253 e. The molecule has 100 valence electrons. The second kappa shape index (κ2) is 6.08. The third-order valence-corrected chi connectivity index (χ3v) is 4.21. The van der Waals surface area contributed by atoms with Gasteiger partial charge in [0, 0.05) is 4.88 Å². The molecule has 19 heavy (non-hydrogen) atoms. The largest absolute Gasteiger partial charge is 0.495 e. The predicted molar refractivity (Wildman–Crippen MR) is 80.6 cm³/mol. The molecular formula is C13H13BrN2O2S. The molecule has 0 aliphatic heterocycles. The van der Waals surface area contributed by atoms with Gasteiger partial charge in [-0.3, -0.25) is 4.79 Å². The lowest BCUT2D eigenvalue weighted by Crippen LogP contribution is -2.23. The molecule has 0 bridgehead atoms. The molecule has 0 atom stereocenters. The topological polar surface area (TPSA) is 64.3 Å². The number of thiophene rings is 1. The van der Waals surface area contributed by atoms with Crippen LogP contribution in [0.15, 0.2) is 34.1 Å². The van der Waals surface area contributed by atoms with E-state index in [9.17, 15) is 4.79 Å². The van der Waals surface area contributed by atoms with E-state index in [1.165, 1.54) is 7.11 Å². The number of nitrogens with one attached hydrogen (secondary N) is 1. The number of halogens is 1. The molecule has 0 aliphatic rings. The summed E-state index contributed by atoms with van der Waals surface area (Å²) in [5.74, 6) is 0.299. The molecule has 4 nitrogen and oxygen atoms in total. The summed E-state index contributed by atoms with van der Waals surface area (Å²) in [5, 5.41) is 2.84. The molecule has 1 amide bonds. The van der Waals surface area contributed by atoms with Crippen LogP contribution in [-0.4, -0.2) is 13.0 Å². The van der Waals surface area contributed by atoms with Crippen molar-refractivity contribution in [3.8, 4) is 5.75 Å². The first-order chi connectivity index (χ1) is 9.11. The van der Waals surface area contributed by atoms with Crippen LogP contribution >= 0.6 is 27.3 Å². The lowest BCUT2D eigenvalue weighted by atomic mass is 10.1. The summed E-state index contributed by atoms with van der Waals surface area (Å²) in [4.78, 5) is 13.1. The molecule has 0 aliphatic carbocycles. The Morgan fingerprint density at radius 1 is 1.42 bits per heavy atom. The summed E-state index contributed by atoms with van der Waals surface area (Å²) in [6.45, 7) is 0.478. The van der Waals surface area contributed by atoms with Crippen molar-refractivity contribution in [1.82, 2.24) is 5.32 Å².